The van der Waals surface area contributed by atoms with Crippen molar-refractivity contribution in [2.24, 2.45) is 0 Å². The Hall–Kier alpha value is -1.16. The number of hydrogen-bond donors (Lipinski definition) is 1. The molecule has 1 aromatic rings. The number of carbonyl (C=O) groups is 2. The molecule has 0 radical (unpaired) electrons. The van der Waals surface area contributed by atoms with Crippen LogP contribution in [0.3, 0.4) is 0 Å². The summed E-state index contributed by atoms with van der Waals surface area (Å²) in [6.45, 7) is 6.34. The van der Waals surface area contributed by atoms with Crippen LogP contribution < -0.4 is 5.32 Å². The van der Waals surface area contributed by atoms with Crippen molar-refractivity contribution in [2.45, 2.75) is 32.6 Å². The fourth-order valence-corrected chi connectivity index (χ4v) is 1.69. The second kappa shape index (κ2) is 6.14. The lowest BCUT2D eigenvalue weighted by Crippen LogP contribution is -2.18. The Kier molecular flexibility index (Phi) is 5.08. The Morgan fingerprint density at radius 2 is 1.94 bits per heavy atom. The number of hydrogen-bond acceptors (Lipinski definition) is 2. The second-order valence-corrected chi connectivity index (χ2v) is 5.79. The first kappa shape index (κ1) is 14.9. The zero-order chi connectivity index (χ0) is 13.8. The van der Waals surface area contributed by atoms with Gasteiger partial charge in [-0.3, -0.25) is 9.59 Å². The monoisotopic (exact) mass is 311 g/mol. The molecule has 0 aromatic heterocycles. The van der Waals surface area contributed by atoms with Gasteiger partial charge in [0.05, 0.1) is 11.8 Å². The van der Waals surface area contributed by atoms with E-state index in [9.17, 15) is 9.59 Å². The molecule has 1 amide bonds. The third-order valence-electron chi connectivity index (χ3n) is 2.52. The number of benzene rings is 1. The highest BCUT2D eigenvalue weighted by Crippen LogP contribution is 2.24. The van der Waals surface area contributed by atoms with Gasteiger partial charge in [-0.2, -0.15) is 0 Å². The van der Waals surface area contributed by atoms with Gasteiger partial charge in [-0.15, -0.1) is 0 Å². The molecule has 1 aromatic carbocycles. The highest BCUT2D eigenvalue weighted by Gasteiger charge is 2.14. The number of Topliss-reactive ketones (excluding diaryl/α,β-unsaturated/α-hetero) is 1. The molecule has 0 saturated carbocycles. The third kappa shape index (κ3) is 4.61. The molecule has 18 heavy (non-hydrogen) atoms. The van der Waals surface area contributed by atoms with Crippen molar-refractivity contribution in [3.8, 4) is 0 Å². The normalized spacial score (nSPS) is 11.1. The molecule has 0 heterocycles. The van der Waals surface area contributed by atoms with E-state index in [1.54, 1.807) is 0 Å². The van der Waals surface area contributed by atoms with Crippen LogP contribution in [-0.2, 0) is 15.0 Å². The lowest BCUT2D eigenvalue weighted by Gasteiger charge is -2.19. The van der Waals surface area contributed by atoms with Crippen LogP contribution in [0.15, 0.2) is 24.3 Å². The van der Waals surface area contributed by atoms with Crippen LogP contribution in [0.2, 0.25) is 0 Å². The average Bonchev–Trinajstić information content (AvgIpc) is 2.27. The molecule has 0 bridgehead atoms. The maximum Gasteiger partial charge on any atom is 0.231 e. The van der Waals surface area contributed by atoms with E-state index in [1.165, 1.54) is 0 Å². The van der Waals surface area contributed by atoms with Crippen LogP contribution in [-0.4, -0.2) is 17.0 Å². The first-order valence-corrected chi connectivity index (χ1v) is 6.93. The smallest absolute Gasteiger partial charge is 0.231 e. The standard InChI is InChI=1S/C14H18BrNO2/c1-14(2,3)10-5-4-6-11(7-10)16-13(18)8-12(17)9-15/h4-7H,8-9H2,1-3H3,(H,16,18). The van der Waals surface area contributed by atoms with E-state index in [4.69, 9.17) is 0 Å². The summed E-state index contributed by atoms with van der Waals surface area (Å²) in [5.41, 5.74) is 1.91. The van der Waals surface area contributed by atoms with E-state index in [0.29, 0.717) is 0 Å². The highest BCUT2D eigenvalue weighted by atomic mass is 79.9. The van der Waals surface area contributed by atoms with E-state index in [1.807, 2.05) is 24.3 Å². The minimum atomic E-state index is -0.273. The molecular formula is C14H18BrNO2. The molecule has 0 spiro atoms. The van der Waals surface area contributed by atoms with E-state index >= 15 is 0 Å². The van der Waals surface area contributed by atoms with Crippen LogP contribution in [0.4, 0.5) is 5.69 Å². The molecule has 0 fully saturated rings. The number of nitrogens with one attached hydrogen (secondary N) is 1. The lowest BCUT2D eigenvalue weighted by molar-refractivity contribution is -0.123. The lowest BCUT2D eigenvalue weighted by atomic mass is 9.87. The van der Waals surface area contributed by atoms with Crippen molar-refractivity contribution in [3.63, 3.8) is 0 Å². The number of anilines is 1. The van der Waals surface area contributed by atoms with Gasteiger partial charge in [-0.1, -0.05) is 48.8 Å². The quantitative estimate of drug-likeness (QED) is 0.685. The molecule has 3 nitrogen and oxygen atoms in total. The van der Waals surface area contributed by atoms with Crippen molar-refractivity contribution in [3.05, 3.63) is 29.8 Å². The topological polar surface area (TPSA) is 46.2 Å². The van der Waals surface area contributed by atoms with Crippen LogP contribution in [0.1, 0.15) is 32.8 Å². The fraction of sp³-hybridized carbons (Fsp3) is 0.429. The van der Waals surface area contributed by atoms with Crippen molar-refractivity contribution < 1.29 is 9.59 Å². The number of ketones is 1. The SMILES string of the molecule is CC(C)(C)c1cccc(NC(=O)CC(=O)CBr)c1. The zero-order valence-electron chi connectivity index (χ0n) is 10.9. The molecular weight excluding hydrogens is 294 g/mol. The predicted molar refractivity (Wildman–Crippen MR) is 77.2 cm³/mol. The van der Waals surface area contributed by atoms with Gasteiger partial charge in [-0.25, -0.2) is 0 Å². The van der Waals surface area contributed by atoms with Gasteiger partial charge in [0.15, 0.2) is 5.78 Å². The molecule has 0 atom stereocenters. The molecule has 1 rings (SSSR count). The van der Waals surface area contributed by atoms with Crippen molar-refractivity contribution in [2.75, 3.05) is 10.6 Å². The van der Waals surface area contributed by atoms with Crippen LogP contribution in [0.5, 0.6) is 0 Å². The highest BCUT2D eigenvalue weighted by molar-refractivity contribution is 9.09. The summed E-state index contributed by atoms with van der Waals surface area (Å²) in [7, 11) is 0. The summed E-state index contributed by atoms with van der Waals surface area (Å²) in [4.78, 5) is 22.7. The molecule has 0 aliphatic heterocycles. The van der Waals surface area contributed by atoms with Gasteiger partial charge in [0.2, 0.25) is 5.91 Å². The summed E-state index contributed by atoms with van der Waals surface area (Å²) in [6, 6.07) is 7.70. The number of amides is 1. The summed E-state index contributed by atoms with van der Waals surface area (Å²) >= 11 is 3.04. The molecule has 98 valence electrons. The summed E-state index contributed by atoms with van der Waals surface area (Å²) in [6.07, 6.45) is -0.0923. The predicted octanol–water partition coefficient (Wildman–Crippen LogP) is 3.28. The van der Waals surface area contributed by atoms with E-state index in [0.717, 1.165) is 11.3 Å². The molecule has 0 saturated heterocycles. The van der Waals surface area contributed by atoms with E-state index in [2.05, 4.69) is 42.0 Å². The third-order valence-corrected chi connectivity index (χ3v) is 3.14. The molecule has 1 N–H and O–H groups in total. The first-order valence-electron chi connectivity index (χ1n) is 5.81. The van der Waals surface area contributed by atoms with Crippen molar-refractivity contribution in [1.82, 2.24) is 0 Å². The molecule has 4 heteroatoms. The Labute approximate surface area is 116 Å². The maximum atomic E-state index is 11.6. The van der Waals surface area contributed by atoms with Crippen molar-refractivity contribution in [1.29, 1.82) is 0 Å². The molecule has 0 unspecified atom stereocenters. The van der Waals surface area contributed by atoms with E-state index < -0.39 is 0 Å². The minimum absolute atomic E-state index is 0.0341. The Morgan fingerprint density at radius 1 is 1.28 bits per heavy atom. The van der Waals surface area contributed by atoms with Crippen LogP contribution in [0.25, 0.3) is 0 Å². The van der Waals surface area contributed by atoms with Gasteiger partial charge in [-0.05, 0) is 23.1 Å². The largest absolute Gasteiger partial charge is 0.326 e. The molecule has 0 aliphatic rings. The van der Waals surface area contributed by atoms with Crippen LogP contribution >= 0.6 is 15.9 Å². The first-order chi connectivity index (χ1) is 8.32. The summed E-state index contributed by atoms with van der Waals surface area (Å²) in [5, 5.41) is 2.95. The van der Waals surface area contributed by atoms with Gasteiger partial charge >= 0.3 is 0 Å². The minimum Gasteiger partial charge on any atom is -0.326 e. The van der Waals surface area contributed by atoms with Crippen molar-refractivity contribution >= 4 is 33.3 Å². The van der Waals surface area contributed by atoms with E-state index in [-0.39, 0.29) is 28.9 Å². The molecule has 0 aliphatic carbocycles. The fourth-order valence-electron chi connectivity index (χ4n) is 1.49. The zero-order valence-corrected chi connectivity index (χ0v) is 12.5. The number of rotatable bonds is 4. The number of halogens is 1. The Bertz CT molecular complexity index is 449. The Balaban J connectivity index is 2.74. The van der Waals surface area contributed by atoms with Crippen LogP contribution in [0, 0.1) is 0 Å². The summed E-state index contributed by atoms with van der Waals surface area (Å²) in [5.74, 6) is -0.398. The van der Waals surface area contributed by atoms with Gasteiger partial charge in [0.1, 0.15) is 0 Å². The van der Waals surface area contributed by atoms with Gasteiger partial charge in [0.25, 0.3) is 0 Å². The summed E-state index contributed by atoms with van der Waals surface area (Å²) < 4.78 is 0. The van der Waals surface area contributed by atoms with Gasteiger partial charge < -0.3 is 5.32 Å². The average molecular weight is 312 g/mol. The second-order valence-electron chi connectivity index (χ2n) is 5.23. The number of carbonyl (C=O) groups excluding carboxylic acids is 2. The Morgan fingerprint density at radius 3 is 2.50 bits per heavy atom. The van der Waals surface area contributed by atoms with Gasteiger partial charge in [0, 0.05) is 5.69 Å². The number of alkyl halides is 1. The maximum absolute atomic E-state index is 11.6.